The lowest BCUT2D eigenvalue weighted by atomic mass is 9.87. The summed E-state index contributed by atoms with van der Waals surface area (Å²) in [7, 11) is 0. The highest BCUT2D eigenvalue weighted by atomic mass is 19.1. The summed E-state index contributed by atoms with van der Waals surface area (Å²) >= 11 is 0. The maximum absolute atomic E-state index is 14.2. The molecule has 48 heavy (non-hydrogen) atoms. The van der Waals surface area contributed by atoms with E-state index < -0.39 is 0 Å². The Balaban J connectivity index is 1.60. The fraction of sp³-hybridized carbons (Fsp3) is 0.195. The maximum atomic E-state index is 14.2. The summed E-state index contributed by atoms with van der Waals surface area (Å²) in [6.45, 7) is 13.0. The molecule has 0 N–H and O–H groups in total. The smallest absolute Gasteiger partial charge is 0.240 e. The molecule has 6 aromatic rings. The van der Waals surface area contributed by atoms with Gasteiger partial charge in [0.1, 0.15) is 11.6 Å². The number of halogens is 2. The summed E-state index contributed by atoms with van der Waals surface area (Å²) in [4.78, 5) is 18.9. The molecule has 5 nitrogen and oxygen atoms in total. The van der Waals surface area contributed by atoms with Crippen LogP contribution < -0.4 is 9.80 Å². The first kappa shape index (κ1) is 32.5. The van der Waals surface area contributed by atoms with E-state index in [0.29, 0.717) is 29.1 Å². The van der Waals surface area contributed by atoms with Crippen molar-refractivity contribution >= 4 is 34.6 Å². The number of nitrogens with zero attached hydrogens (tertiary/aromatic N) is 5. The van der Waals surface area contributed by atoms with Crippen LogP contribution >= 0.6 is 0 Å². The molecule has 7 heteroatoms. The van der Waals surface area contributed by atoms with E-state index in [-0.39, 0.29) is 22.5 Å². The summed E-state index contributed by atoms with van der Waals surface area (Å²) in [5.74, 6) is 0.445. The van der Waals surface area contributed by atoms with Crippen LogP contribution in [-0.2, 0) is 10.8 Å². The van der Waals surface area contributed by atoms with Crippen molar-refractivity contribution in [2.24, 2.45) is 0 Å². The Morgan fingerprint density at radius 1 is 0.417 bits per heavy atom. The molecule has 0 atom stereocenters. The summed E-state index contributed by atoms with van der Waals surface area (Å²) in [5.41, 5.74) is 6.02. The molecule has 0 aliphatic rings. The second-order valence-corrected chi connectivity index (χ2v) is 13.8. The largest absolute Gasteiger partial charge is 0.279 e. The highest BCUT2D eigenvalue weighted by Crippen LogP contribution is 2.39. The predicted molar refractivity (Wildman–Crippen MR) is 192 cm³/mol. The van der Waals surface area contributed by atoms with Crippen molar-refractivity contribution in [3.63, 3.8) is 0 Å². The second kappa shape index (κ2) is 13.0. The Labute approximate surface area is 281 Å². The first-order valence-corrected chi connectivity index (χ1v) is 16.0. The molecule has 242 valence electrons. The number of benzene rings is 5. The molecule has 0 aliphatic carbocycles. The summed E-state index contributed by atoms with van der Waals surface area (Å²) in [6, 6.07) is 38.7. The number of hydrogen-bond donors (Lipinski definition) is 0. The third kappa shape index (κ3) is 7.10. The SMILES string of the molecule is CC(C)(C)c1ccc(N(c2ccc(F)cc2)c2nc(-c3ccccc3)nc(N(c3ccc(F)cc3)c3ccc(C(C)(C)C)cc3)n2)cc1. The molecule has 0 unspecified atom stereocenters. The van der Waals surface area contributed by atoms with Crippen molar-refractivity contribution in [1.29, 1.82) is 0 Å². The van der Waals surface area contributed by atoms with Gasteiger partial charge in [-0.3, -0.25) is 9.80 Å². The van der Waals surface area contributed by atoms with Gasteiger partial charge in [0.25, 0.3) is 0 Å². The van der Waals surface area contributed by atoms with Gasteiger partial charge in [0.2, 0.25) is 11.9 Å². The van der Waals surface area contributed by atoms with Crippen molar-refractivity contribution < 1.29 is 8.78 Å². The van der Waals surface area contributed by atoms with Crippen LogP contribution in [0.5, 0.6) is 0 Å². The molecule has 0 saturated heterocycles. The summed E-state index contributed by atoms with van der Waals surface area (Å²) in [5, 5.41) is 0. The van der Waals surface area contributed by atoms with Crippen molar-refractivity contribution in [3.05, 3.63) is 150 Å². The first-order chi connectivity index (χ1) is 22.9. The fourth-order valence-corrected chi connectivity index (χ4v) is 5.43. The van der Waals surface area contributed by atoms with Gasteiger partial charge in [-0.1, -0.05) is 96.1 Å². The van der Waals surface area contributed by atoms with Crippen LogP contribution in [-0.4, -0.2) is 15.0 Å². The lowest BCUT2D eigenvalue weighted by Gasteiger charge is -2.28. The quantitative estimate of drug-likeness (QED) is 0.174. The number of hydrogen-bond acceptors (Lipinski definition) is 5. The van der Waals surface area contributed by atoms with E-state index in [4.69, 9.17) is 15.0 Å². The zero-order chi connectivity index (χ0) is 34.1. The molecule has 1 heterocycles. The van der Waals surface area contributed by atoms with Crippen LogP contribution in [0.25, 0.3) is 11.4 Å². The molecule has 0 amide bonds. The van der Waals surface area contributed by atoms with Crippen LogP contribution in [0.1, 0.15) is 52.7 Å². The Bertz CT molecular complexity index is 1850. The minimum atomic E-state index is -0.343. The molecule has 1 aromatic heterocycles. The number of aromatic nitrogens is 3. The lowest BCUT2D eigenvalue weighted by Crippen LogP contribution is -2.20. The molecule has 5 aromatic carbocycles. The van der Waals surface area contributed by atoms with Crippen LogP contribution in [0.2, 0.25) is 0 Å². The van der Waals surface area contributed by atoms with E-state index in [1.54, 1.807) is 24.3 Å². The molecular formula is C41H39F2N5. The molecule has 0 bridgehead atoms. The van der Waals surface area contributed by atoms with Gasteiger partial charge in [0, 0.05) is 28.3 Å². The average molecular weight is 640 g/mol. The van der Waals surface area contributed by atoms with Gasteiger partial charge < -0.3 is 0 Å². The van der Waals surface area contributed by atoms with Gasteiger partial charge in [-0.25, -0.2) is 8.78 Å². The minimum Gasteiger partial charge on any atom is -0.279 e. The van der Waals surface area contributed by atoms with E-state index in [9.17, 15) is 8.78 Å². The molecule has 0 radical (unpaired) electrons. The normalized spacial score (nSPS) is 11.8. The number of anilines is 6. The Morgan fingerprint density at radius 2 is 0.750 bits per heavy atom. The van der Waals surface area contributed by atoms with Crippen molar-refractivity contribution in [1.82, 2.24) is 15.0 Å². The summed E-state index contributed by atoms with van der Waals surface area (Å²) < 4.78 is 28.4. The van der Waals surface area contributed by atoms with Gasteiger partial charge in [-0.15, -0.1) is 0 Å². The maximum Gasteiger partial charge on any atom is 0.240 e. The minimum absolute atomic E-state index is 0.0434. The van der Waals surface area contributed by atoms with Crippen molar-refractivity contribution in [2.75, 3.05) is 9.80 Å². The van der Waals surface area contributed by atoms with Crippen LogP contribution in [0, 0.1) is 11.6 Å². The third-order valence-electron chi connectivity index (χ3n) is 8.20. The van der Waals surface area contributed by atoms with Gasteiger partial charge in [-0.05, 0) is 94.8 Å². The average Bonchev–Trinajstić information content (AvgIpc) is 3.07. The Morgan fingerprint density at radius 3 is 1.08 bits per heavy atom. The van der Waals surface area contributed by atoms with E-state index >= 15 is 0 Å². The van der Waals surface area contributed by atoms with Gasteiger partial charge in [-0.2, -0.15) is 15.0 Å². The van der Waals surface area contributed by atoms with E-state index in [1.807, 2.05) is 64.4 Å². The van der Waals surface area contributed by atoms with Gasteiger partial charge in [0.15, 0.2) is 5.82 Å². The van der Waals surface area contributed by atoms with Gasteiger partial charge >= 0.3 is 0 Å². The highest BCUT2D eigenvalue weighted by Gasteiger charge is 2.24. The van der Waals surface area contributed by atoms with Crippen LogP contribution in [0.15, 0.2) is 127 Å². The van der Waals surface area contributed by atoms with Crippen molar-refractivity contribution in [2.45, 2.75) is 52.4 Å². The first-order valence-electron chi connectivity index (χ1n) is 16.0. The Kier molecular flexibility index (Phi) is 8.80. The highest BCUT2D eigenvalue weighted by molar-refractivity contribution is 5.78. The molecular weight excluding hydrogens is 600 g/mol. The zero-order valence-electron chi connectivity index (χ0n) is 28.1. The van der Waals surface area contributed by atoms with E-state index in [2.05, 4.69) is 65.8 Å². The molecule has 0 fully saturated rings. The molecule has 0 aliphatic heterocycles. The topological polar surface area (TPSA) is 45.2 Å². The standard InChI is InChI=1S/C41H39F2N5/c1-40(2,3)29-12-20-33(21-13-29)47(35-24-16-31(42)17-25-35)38-44-37(28-10-8-7-9-11-28)45-39(46-38)48(36-26-18-32(43)19-27-36)34-22-14-30(15-23-34)41(4,5)6/h7-27H,1-6H3. The predicted octanol–water partition coefficient (Wildman–Crippen LogP) is 11.4. The molecule has 0 spiro atoms. The molecule has 0 saturated carbocycles. The van der Waals surface area contributed by atoms with Crippen molar-refractivity contribution in [3.8, 4) is 11.4 Å². The van der Waals surface area contributed by atoms with E-state index in [0.717, 1.165) is 16.9 Å². The summed E-state index contributed by atoms with van der Waals surface area (Å²) in [6.07, 6.45) is 0. The second-order valence-electron chi connectivity index (χ2n) is 13.8. The molecule has 6 rings (SSSR count). The number of rotatable bonds is 7. The van der Waals surface area contributed by atoms with Crippen LogP contribution in [0.4, 0.5) is 43.4 Å². The zero-order valence-corrected chi connectivity index (χ0v) is 28.1. The Hall–Kier alpha value is -5.43. The third-order valence-corrected chi connectivity index (χ3v) is 8.20. The van der Waals surface area contributed by atoms with E-state index in [1.165, 1.54) is 35.4 Å². The fourth-order valence-electron chi connectivity index (χ4n) is 5.43. The van der Waals surface area contributed by atoms with Crippen LogP contribution in [0.3, 0.4) is 0 Å². The van der Waals surface area contributed by atoms with Gasteiger partial charge in [0.05, 0.1) is 0 Å². The monoisotopic (exact) mass is 639 g/mol. The lowest BCUT2D eigenvalue weighted by molar-refractivity contribution is 0.590.